The van der Waals surface area contributed by atoms with Gasteiger partial charge in [-0.3, -0.25) is 0 Å². The molecule has 1 aliphatic rings. The second-order valence-electron chi connectivity index (χ2n) is 6.95. The maximum Gasteiger partial charge on any atom is 0.327 e. The lowest BCUT2D eigenvalue weighted by molar-refractivity contribution is 0.215. The summed E-state index contributed by atoms with van der Waals surface area (Å²) in [6, 6.07) is 1.35. The average molecular weight is 331 g/mol. The lowest BCUT2D eigenvalue weighted by Crippen LogP contribution is -2.48. The van der Waals surface area contributed by atoms with Crippen molar-refractivity contribution in [2.75, 3.05) is 6.61 Å². The lowest BCUT2D eigenvalue weighted by atomic mass is 10.1. The molecule has 1 aliphatic heterocycles. The van der Waals surface area contributed by atoms with Gasteiger partial charge in [-0.25, -0.2) is 0 Å². The van der Waals surface area contributed by atoms with Gasteiger partial charge in [-0.1, -0.05) is 65.2 Å². The molecule has 3 atom stereocenters. The van der Waals surface area contributed by atoms with Gasteiger partial charge >= 0.3 is 8.56 Å². The molecule has 0 amide bonds. The van der Waals surface area contributed by atoms with Crippen LogP contribution in [0.3, 0.4) is 0 Å². The summed E-state index contributed by atoms with van der Waals surface area (Å²) in [6.45, 7) is 10.3. The Balaban J connectivity index is 2.39. The molecule has 1 fully saturated rings. The number of hydrogen-bond acceptors (Lipinski definition) is 2. The Bertz CT molecular complexity index is 263. The maximum atomic E-state index is 6.58. The van der Waals surface area contributed by atoms with Crippen LogP contribution in [0, 0.1) is 0 Å². The second kappa shape index (κ2) is 11.0. The van der Waals surface area contributed by atoms with Crippen LogP contribution in [0.1, 0.15) is 78.1 Å². The topological polar surface area (TPSA) is 18.5 Å². The van der Waals surface area contributed by atoms with Gasteiger partial charge in [0.05, 0.1) is 0 Å². The van der Waals surface area contributed by atoms with Crippen molar-refractivity contribution in [2.45, 2.75) is 103 Å². The molecule has 0 bridgehead atoms. The van der Waals surface area contributed by atoms with E-state index in [1.54, 1.807) is 0 Å². The van der Waals surface area contributed by atoms with Crippen LogP contribution in [-0.4, -0.2) is 24.2 Å². The third-order valence-corrected chi connectivity index (χ3v) is 12.6. The molecule has 1 saturated heterocycles. The van der Waals surface area contributed by atoms with Crippen LogP contribution >= 0.6 is 0 Å². The van der Waals surface area contributed by atoms with Crippen molar-refractivity contribution < 1.29 is 8.54 Å². The van der Waals surface area contributed by atoms with Crippen LogP contribution in [0.4, 0.5) is 0 Å². The fourth-order valence-electron chi connectivity index (χ4n) is 3.52. The molecule has 0 aromatic heterocycles. The molecular formula is C17H38O2Si2. The van der Waals surface area contributed by atoms with Crippen LogP contribution in [0.15, 0.2) is 0 Å². The SMILES string of the molecule is CCCCCCCCC(CC)[Si]1(C)OCCCC[SiH](C)O1. The molecule has 2 nitrogen and oxygen atoms in total. The van der Waals surface area contributed by atoms with Crippen molar-refractivity contribution in [3.05, 3.63) is 0 Å². The van der Waals surface area contributed by atoms with Gasteiger partial charge in [-0.05, 0) is 32.0 Å². The van der Waals surface area contributed by atoms with E-state index in [-0.39, 0.29) is 0 Å². The minimum Gasteiger partial charge on any atom is -0.438 e. The first-order valence-electron chi connectivity index (χ1n) is 9.44. The molecule has 0 radical (unpaired) electrons. The third kappa shape index (κ3) is 7.44. The van der Waals surface area contributed by atoms with Gasteiger partial charge in [0, 0.05) is 12.1 Å². The van der Waals surface area contributed by atoms with Crippen LogP contribution in [0.2, 0.25) is 24.7 Å². The second-order valence-corrected chi connectivity index (χ2v) is 13.2. The molecule has 1 heterocycles. The fraction of sp³-hybridized carbons (Fsp3) is 1.00. The zero-order valence-corrected chi connectivity index (χ0v) is 17.1. The van der Waals surface area contributed by atoms with Gasteiger partial charge in [0.15, 0.2) is 9.04 Å². The Kier molecular flexibility index (Phi) is 10.1. The molecule has 1 rings (SSSR count). The predicted octanol–water partition coefficient (Wildman–Crippen LogP) is 5.77. The van der Waals surface area contributed by atoms with Crippen molar-refractivity contribution in [3.63, 3.8) is 0 Å². The van der Waals surface area contributed by atoms with E-state index in [0.717, 1.165) is 6.61 Å². The highest BCUT2D eigenvalue weighted by atomic mass is 28.4. The number of rotatable bonds is 9. The summed E-state index contributed by atoms with van der Waals surface area (Å²) in [7, 11) is -2.91. The Morgan fingerprint density at radius 3 is 2.48 bits per heavy atom. The molecule has 0 aromatic carbocycles. The van der Waals surface area contributed by atoms with Crippen molar-refractivity contribution in [3.8, 4) is 0 Å². The summed E-state index contributed by atoms with van der Waals surface area (Å²) in [5.41, 5.74) is 0.705. The average Bonchev–Trinajstić information content (AvgIpc) is 2.44. The van der Waals surface area contributed by atoms with Crippen molar-refractivity contribution in [2.24, 2.45) is 0 Å². The lowest BCUT2D eigenvalue weighted by Gasteiger charge is -2.38. The summed E-state index contributed by atoms with van der Waals surface area (Å²) < 4.78 is 12.9. The van der Waals surface area contributed by atoms with E-state index in [9.17, 15) is 0 Å². The summed E-state index contributed by atoms with van der Waals surface area (Å²) in [5, 5.41) is 0. The van der Waals surface area contributed by atoms with E-state index in [0.29, 0.717) is 5.54 Å². The van der Waals surface area contributed by atoms with E-state index in [1.165, 1.54) is 70.3 Å². The van der Waals surface area contributed by atoms with Gasteiger partial charge in [-0.2, -0.15) is 0 Å². The first kappa shape index (κ1) is 19.4. The zero-order chi connectivity index (χ0) is 15.6. The van der Waals surface area contributed by atoms with Gasteiger partial charge in [0.2, 0.25) is 0 Å². The van der Waals surface area contributed by atoms with Crippen LogP contribution in [-0.2, 0) is 8.54 Å². The standard InChI is InChI=1S/C17H38O2Si2/c1-5-7-8-9-10-11-14-17(6-2)21(4)18-15-12-13-16-20(3)19-21/h17,20H,5-16H2,1-4H3. The van der Waals surface area contributed by atoms with E-state index < -0.39 is 17.6 Å². The minimum absolute atomic E-state index is 0.705. The van der Waals surface area contributed by atoms with Crippen molar-refractivity contribution >= 4 is 17.6 Å². The first-order chi connectivity index (χ1) is 10.1. The largest absolute Gasteiger partial charge is 0.438 e. The Hall–Kier alpha value is 0.354. The maximum absolute atomic E-state index is 6.58. The van der Waals surface area contributed by atoms with Gasteiger partial charge < -0.3 is 8.54 Å². The summed E-state index contributed by atoms with van der Waals surface area (Å²) in [4.78, 5) is 0. The minimum atomic E-state index is -1.93. The fourth-order valence-corrected chi connectivity index (χ4v) is 11.4. The molecule has 0 N–H and O–H groups in total. The molecule has 21 heavy (non-hydrogen) atoms. The smallest absolute Gasteiger partial charge is 0.327 e. The summed E-state index contributed by atoms with van der Waals surface area (Å²) in [6.07, 6.45) is 13.5. The quantitative estimate of drug-likeness (QED) is 0.394. The molecule has 0 aliphatic carbocycles. The highest BCUT2D eigenvalue weighted by molar-refractivity contribution is 6.75. The van der Waals surface area contributed by atoms with Crippen molar-refractivity contribution in [1.29, 1.82) is 0 Å². The van der Waals surface area contributed by atoms with Gasteiger partial charge in [0.25, 0.3) is 0 Å². The molecule has 0 spiro atoms. The summed E-state index contributed by atoms with van der Waals surface area (Å²) in [5.74, 6) is 0. The van der Waals surface area contributed by atoms with Gasteiger partial charge in [-0.15, -0.1) is 0 Å². The summed E-state index contributed by atoms with van der Waals surface area (Å²) >= 11 is 0. The van der Waals surface area contributed by atoms with E-state index in [2.05, 4.69) is 26.9 Å². The monoisotopic (exact) mass is 330 g/mol. The molecule has 0 saturated carbocycles. The molecule has 0 aromatic rings. The van der Waals surface area contributed by atoms with Crippen LogP contribution in [0.5, 0.6) is 0 Å². The first-order valence-corrected chi connectivity index (χ1v) is 14.3. The van der Waals surface area contributed by atoms with Crippen LogP contribution < -0.4 is 0 Å². The molecule has 3 unspecified atom stereocenters. The number of hydrogen-bond donors (Lipinski definition) is 0. The highest BCUT2D eigenvalue weighted by Gasteiger charge is 2.41. The molecule has 4 heteroatoms. The zero-order valence-electron chi connectivity index (χ0n) is 15.0. The highest BCUT2D eigenvalue weighted by Crippen LogP contribution is 2.35. The van der Waals surface area contributed by atoms with E-state index in [1.807, 2.05) is 0 Å². The third-order valence-electron chi connectivity index (χ3n) is 4.97. The van der Waals surface area contributed by atoms with Crippen LogP contribution in [0.25, 0.3) is 0 Å². The Morgan fingerprint density at radius 1 is 1.05 bits per heavy atom. The van der Waals surface area contributed by atoms with Crippen molar-refractivity contribution in [1.82, 2.24) is 0 Å². The Labute approximate surface area is 136 Å². The molecule has 126 valence electrons. The number of unbranched alkanes of at least 4 members (excludes halogenated alkanes) is 5. The van der Waals surface area contributed by atoms with Gasteiger partial charge in [0.1, 0.15) is 0 Å². The normalized spacial score (nSPS) is 28.9. The molecular weight excluding hydrogens is 292 g/mol. The van der Waals surface area contributed by atoms with E-state index in [4.69, 9.17) is 8.54 Å². The van der Waals surface area contributed by atoms with E-state index >= 15 is 0 Å². The predicted molar refractivity (Wildman–Crippen MR) is 97.7 cm³/mol. The Morgan fingerprint density at radius 2 is 1.76 bits per heavy atom.